The standard InChI is InChI=1S/C14H21ClN2O3S.ClH/c1-10-7-11(15)3-4-14(10)21(18,19)17-6-5-13(20-2)8-12(17)9-16;/h3-4,7,12-13H,5-6,8-9,16H2,1-2H3;1H. The molecule has 2 rings (SSSR count). The van der Waals surface area contributed by atoms with E-state index in [0.717, 1.165) is 0 Å². The average Bonchev–Trinajstić information content (AvgIpc) is 2.46. The zero-order valence-corrected chi connectivity index (χ0v) is 15.0. The molecule has 0 amide bonds. The molecule has 22 heavy (non-hydrogen) atoms. The van der Waals surface area contributed by atoms with Gasteiger partial charge in [-0.1, -0.05) is 11.6 Å². The first-order chi connectivity index (χ1) is 9.90. The van der Waals surface area contributed by atoms with Crippen molar-refractivity contribution >= 4 is 34.0 Å². The summed E-state index contributed by atoms with van der Waals surface area (Å²) in [6.45, 7) is 2.45. The van der Waals surface area contributed by atoms with Crippen LogP contribution in [0.5, 0.6) is 0 Å². The number of nitrogens with zero attached hydrogens (tertiary/aromatic N) is 1. The lowest BCUT2D eigenvalue weighted by Crippen LogP contribution is -2.51. The van der Waals surface area contributed by atoms with E-state index in [1.807, 2.05) is 0 Å². The third-order valence-electron chi connectivity index (χ3n) is 3.94. The normalized spacial score (nSPS) is 23.1. The van der Waals surface area contributed by atoms with Crippen molar-refractivity contribution in [3.05, 3.63) is 28.8 Å². The number of rotatable bonds is 4. The van der Waals surface area contributed by atoms with Crippen molar-refractivity contribution in [1.29, 1.82) is 0 Å². The fourth-order valence-electron chi connectivity index (χ4n) is 2.77. The van der Waals surface area contributed by atoms with Crippen LogP contribution in [0.25, 0.3) is 0 Å². The summed E-state index contributed by atoms with van der Waals surface area (Å²) < 4.78 is 32.6. The molecule has 0 spiro atoms. The lowest BCUT2D eigenvalue weighted by molar-refractivity contribution is 0.0401. The Morgan fingerprint density at radius 2 is 2.14 bits per heavy atom. The van der Waals surface area contributed by atoms with Crippen LogP contribution in [0.15, 0.2) is 23.1 Å². The monoisotopic (exact) mass is 368 g/mol. The van der Waals surface area contributed by atoms with E-state index in [4.69, 9.17) is 22.1 Å². The molecule has 126 valence electrons. The van der Waals surface area contributed by atoms with Gasteiger partial charge in [-0.25, -0.2) is 8.42 Å². The summed E-state index contributed by atoms with van der Waals surface area (Å²) in [6.07, 6.45) is 1.37. The molecular weight excluding hydrogens is 347 g/mol. The van der Waals surface area contributed by atoms with Gasteiger partial charge in [-0.05, 0) is 43.5 Å². The SMILES string of the molecule is COC1CCN(S(=O)(=O)c2ccc(Cl)cc2C)C(CN)C1.Cl. The highest BCUT2D eigenvalue weighted by Gasteiger charge is 2.36. The lowest BCUT2D eigenvalue weighted by Gasteiger charge is -2.37. The second-order valence-corrected chi connectivity index (χ2v) is 7.59. The van der Waals surface area contributed by atoms with Crippen LogP contribution >= 0.6 is 24.0 Å². The molecule has 5 nitrogen and oxygen atoms in total. The molecule has 1 aliphatic rings. The van der Waals surface area contributed by atoms with Gasteiger partial charge < -0.3 is 10.5 Å². The molecular formula is C14H22Cl2N2O3S. The number of halogens is 2. The van der Waals surface area contributed by atoms with Gasteiger partial charge in [0.1, 0.15) is 0 Å². The quantitative estimate of drug-likeness (QED) is 0.883. The molecule has 2 atom stereocenters. The number of aryl methyl sites for hydroxylation is 1. The van der Waals surface area contributed by atoms with Crippen molar-refractivity contribution in [3.8, 4) is 0 Å². The van der Waals surface area contributed by atoms with Crippen LogP contribution in [0.1, 0.15) is 18.4 Å². The van der Waals surface area contributed by atoms with E-state index in [1.165, 1.54) is 4.31 Å². The predicted molar refractivity (Wildman–Crippen MR) is 90.2 cm³/mol. The number of hydrogen-bond acceptors (Lipinski definition) is 4. The first-order valence-electron chi connectivity index (χ1n) is 6.91. The molecule has 0 radical (unpaired) electrons. The predicted octanol–water partition coefficient (Wildman–Crippen LogP) is 2.20. The molecule has 0 bridgehead atoms. The third kappa shape index (κ3) is 3.93. The highest BCUT2D eigenvalue weighted by Crippen LogP contribution is 2.29. The molecule has 2 unspecified atom stereocenters. The Kier molecular flexibility index (Phi) is 7.11. The largest absolute Gasteiger partial charge is 0.381 e. The maximum atomic E-state index is 12.9. The molecule has 1 heterocycles. The Morgan fingerprint density at radius 1 is 1.45 bits per heavy atom. The molecule has 8 heteroatoms. The minimum absolute atomic E-state index is 0. The second kappa shape index (κ2) is 7.95. The van der Waals surface area contributed by atoms with E-state index in [-0.39, 0.29) is 31.1 Å². The van der Waals surface area contributed by atoms with Gasteiger partial charge in [-0.15, -0.1) is 12.4 Å². The van der Waals surface area contributed by atoms with E-state index >= 15 is 0 Å². The van der Waals surface area contributed by atoms with Crippen molar-refractivity contribution in [3.63, 3.8) is 0 Å². The Morgan fingerprint density at radius 3 is 2.68 bits per heavy atom. The van der Waals surface area contributed by atoms with Crippen LogP contribution in [0.3, 0.4) is 0 Å². The number of sulfonamides is 1. The first-order valence-corrected chi connectivity index (χ1v) is 8.72. The summed E-state index contributed by atoms with van der Waals surface area (Å²) in [5, 5.41) is 0.528. The number of methoxy groups -OCH3 is 1. The smallest absolute Gasteiger partial charge is 0.243 e. The Balaban J connectivity index is 0.00000242. The number of hydrogen-bond donors (Lipinski definition) is 1. The van der Waals surface area contributed by atoms with Gasteiger partial charge in [0.25, 0.3) is 0 Å². The average molecular weight is 369 g/mol. The van der Waals surface area contributed by atoms with Crippen LogP contribution in [0, 0.1) is 6.92 Å². The highest BCUT2D eigenvalue weighted by atomic mass is 35.5. The van der Waals surface area contributed by atoms with E-state index in [1.54, 1.807) is 32.2 Å². The molecule has 1 aromatic carbocycles. The molecule has 2 N–H and O–H groups in total. The van der Waals surface area contributed by atoms with E-state index in [0.29, 0.717) is 34.9 Å². The highest BCUT2D eigenvalue weighted by molar-refractivity contribution is 7.89. The van der Waals surface area contributed by atoms with E-state index < -0.39 is 10.0 Å². The molecule has 1 fully saturated rings. The molecule has 0 aromatic heterocycles. The van der Waals surface area contributed by atoms with Crippen molar-refractivity contribution in [2.24, 2.45) is 5.73 Å². The van der Waals surface area contributed by atoms with Crippen molar-refractivity contribution < 1.29 is 13.2 Å². The van der Waals surface area contributed by atoms with Crippen LogP contribution in [0.2, 0.25) is 5.02 Å². The van der Waals surface area contributed by atoms with Gasteiger partial charge in [-0.2, -0.15) is 4.31 Å². The van der Waals surface area contributed by atoms with Gasteiger partial charge in [0.05, 0.1) is 11.0 Å². The number of ether oxygens (including phenoxy) is 1. The maximum Gasteiger partial charge on any atom is 0.243 e. The van der Waals surface area contributed by atoms with E-state index in [9.17, 15) is 8.42 Å². The van der Waals surface area contributed by atoms with Gasteiger partial charge >= 0.3 is 0 Å². The molecule has 1 aliphatic heterocycles. The van der Waals surface area contributed by atoms with Gasteiger partial charge in [-0.3, -0.25) is 0 Å². The van der Waals surface area contributed by atoms with Crippen LogP contribution in [0.4, 0.5) is 0 Å². The number of piperidine rings is 1. The summed E-state index contributed by atoms with van der Waals surface area (Å²) in [5.41, 5.74) is 6.41. The van der Waals surface area contributed by atoms with E-state index in [2.05, 4.69) is 0 Å². The molecule has 0 aliphatic carbocycles. The Labute approximate surface area is 143 Å². The molecule has 1 saturated heterocycles. The minimum Gasteiger partial charge on any atom is -0.381 e. The zero-order valence-electron chi connectivity index (χ0n) is 12.7. The molecule has 1 aromatic rings. The Bertz CT molecular complexity index is 610. The minimum atomic E-state index is -3.56. The lowest BCUT2D eigenvalue weighted by atomic mass is 10.0. The summed E-state index contributed by atoms with van der Waals surface area (Å²) >= 11 is 5.90. The number of benzene rings is 1. The van der Waals surface area contributed by atoms with Crippen LogP contribution in [-0.4, -0.2) is 45.1 Å². The first kappa shape index (κ1) is 19.7. The Hall–Kier alpha value is -0.370. The zero-order chi connectivity index (χ0) is 15.6. The van der Waals surface area contributed by atoms with Gasteiger partial charge in [0.2, 0.25) is 10.0 Å². The third-order valence-corrected chi connectivity index (χ3v) is 6.29. The second-order valence-electron chi connectivity index (χ2n) is 5.30. The van der Waals surface area contributed by atoms with Crippen molar-refractivity contribution in [2.75, 3.05) is 20.2 Å². The van der Waals surface area contributed by atoms with Crippen LogP contribution in [-0.2, 0) is 14.8 Å². The fraction of sp³-hybridized carbons (Fsp3) is 0.571. The summed E-state index contributed by atoms with van der Waals surface area (Å²) in [4.78, 5) is 0.293. The van der Waals surface area contributed by atoms with Gasteiger partial charge in [0, 0.05) is 31.3 Å². The van der Waals surface area contributed by atoms with Crippen molar-refractivity contribution in [1.82, 2.24) is 4.31 Å². The topological polar surface area (TPSA) is 72.6 Å². The summed E-state index contributed by atoms with van der Waals surface area (Å²) in [6, 6.07) is 4.58. The summed E-state index contributed by atoms with van der Waals surface area (Å²) in [5.74, 6) is 0. The summed E-state index contributed by atoms with van der Waals surface area (Å²) in [7, 11) is -1.92. The number of nitrogens with two attached hydrogens (primary N) is 1. The fourth-order valence-corrected chi connectivity index (χ4v) is 4.86. The maximum absolute atomic E-state index is 12.9. The van der Waals surface area contributed by atoms with Crippen LogP contribution < -0.4 is 5.73 Å². The van der Waals surface area contributed by atoms with Gasteiger partial charge in [0.15, 0.2) is 0 Å². The molecule has 0 saturated carbocycles. The van der Waals surface area contributed by atoms with Crippen molar-refractivity contribution in [2.45, 2.75) is 36.8 Å².